The van der Waals surface area contributed by atoms with Crippen molar-refractivity contribution in [3.63, 3.8) is 0 Å². The molecule has 0 bridgehead atoms. The molecule has 5 amide bonds. The van der Waals surface area contributed by atoms with E-state index in [-0.39, 0.29) is 84.5 Å². The van der Waals surface area contributed by atoms with Crippen molar-refractivity contribution in [2.24, 2.45) is 0 Å². The third kappa shape index (κ3) is 18.4. The van der Waals surface area contributed by atoms with Crippen LogP contribution in [0.25, 0.3) is 54.2 Å². The number of nitrogens with one attached hydrogen (secondary N) is 4. The van der Waals surface area contributed by atoms with Crippen LogP contribution in [0.1, 0.15) is 57.7 Å². The average molecular weight is 1590 g/mol. The molecule has 1 saturated heterocycles. The van der Waals surface area contributed by atoms with Gasteiger partial charge in [-0.1, -0.05) is 231 Å². The number of hydrogen-bond acceptors (Lipinski definition) is 16. The second-order valence-electron chi connectivity index (χ2n) is 29.5. The van der Waals surface area contributed by atoms with Gasteiger partial charge in [0.2, 0.25) is 33.7 Å². The van der Waals surface area contributed by atoms with Crippen molar-refractivity contribution in [3.05, 3.63) is 294 Å². The van der Waals surface area contributed by atoms with Gasteiger partial charge in [-0.15, -0.1) is 0 Å². The van der Waals surface area contributed by atoms with Crippen molar-refractivity contribution in [3.8, 4) is 11.1 Å². The van der Waals surface area contributed by atoms with Crippen molar-refractivity contribution in [2.45, 2.75) is 79.4 Å². The van der Waals surface area contributed by atoms with Crippen molar-refractivity contribution in [2.75, 3.05) is 64.9 Å². The van der Waals surface area contributed by atoms with Gasteiger partial charge < -0.3 is 60.5 Å². The second-order valence-corrected chi connectivity index (χ2v) is 32.4. The molecule has 1 aliphatic carbocycles. The zero-order chi connectivity index (χ0) is 81.2. The Morgan fingerprint density at radius 2 is 1.06 bits per heavy atom. The number of benzene rings is 12. The van der Waals surface area contributed by atoms with Crippen LogP contribution in [0.15, 0.2) is 265 Å². The molecule has 12 aromatic rings. The molecule has 116 heavy (non-hydrogen) atoms. The van der Waals surface area contributed by atoms with Gasteiger partial charge in [-0.2, -0.15) is 4.31 Å². The molecule has 23 nitrogen and oxygen atoms in total. The minimum Gasteiger partial charge on any atom is -0.449 e. The van der Waals surface area contributed by atoms with E-state index < -0.39 is 109 Å². The number of carbonyl (C=O) groups excluding carboxylic acids is 5. The summed E-state index contributed by atoms with van der Waals surface area (Å²) in [7, 11) is -4.96. The second kappa shape index (κ2) is 36.6. The number of nitrogens with zero attached hydrogens (tertiary/aromatic N) is 5. The molecule has 1 heterocycles. The van der Waals surface area contributed by atoms with Crippen molar-refractivity contribution < 1.29 is 66.0 Å². The third-order valence-corrected chi connectivity index (χ3v) is 24.5. The minimum absolute atomic E-state index is 0.0111. The van der Waals surface area contributed by atoms with Crippen LogP contribution in [0.5, 0.6) is 0 Å². The number of likely N-dealkylation sites (tertiary alicyclic amines) is 1. The summed E-state index contributed by atoms with van der Waals surface area (Å²) in [6, 6.07) is 73.2. The van der Waals surface area contributed by atoms with Crippen molar-refractivity contribution >= 4 is 125 Å². The van der Waals surface area contributed by atoms with Gasteiger partial charge in [-0.25, -0.2) is 17.4 Å². The number of carbonyl (C=O) groups is 5. The highest BCUT2D eigenvalue weighted by atomic mass is 32.2. The van der Waals surface area contributed by atoms with Crippen LogP contribution in [0.2, 0.25) is 0 Å². The molecule has 0 saturated carbocycles. The normalized spacial score (nSPS) is 14.6. The van der Waals surface area contributed by atoms with E-state index in [1.807, 2.05) is 169 Å². The van der Waals surface area contributed by atoms with E-state index in [4.69, 9.17) is 4.74 Å². The predicted octanol–water partition coefficient (Wildman–Crippen LogP) is 8.52. The van der Waals surface area contributed by atoms with Crippen molar-refractivity contribution in [1.29, 1.82) is 0 Å². The number of amides is 5. The summed E-state index contributed by atoms with van der Waals surface area (Å²) in [6.07, 6.45) is -1.93. The van der Waals surface area contributed by atoms with Gasteiger partial charge in [0.15, 0.2) is 11.1 Å². The number of rotatable bonds is 32. The van der Waals surface area contributed by atoms with Crippen molar-refractivity contribution in [1.82, 2.24) is 40.3 Å². The first-order valence-corrected chi connectivity index (χ1v) is 41.0. The molecule has 592 valence electrons. The first kappa shape index (κ1) is 81.1. The quantitative estimate of drug-likeness (QED) is 0.0108. The Morgan fingerprint density at radius 3 is 1.72 bits per heavy atom. The van der Waals surface area contributed by atoms with Gasteiger partial charge >= 0.3 is 20.3 Å². The Kier molecular flexibility index (Phi) is 25.6. The van der Waals surface area contributed by atoms with Crippen LogP contribution in [0.4, 0.5) is 10.5 Å². The summed E-state index contributed by atoms with van der Waals surface area (Å²) < 4.78 is 61.4. The lowest BCUT2D eigenvalue weighted by Crippen LogP contribution is -2.52. The summed E-state index contributed by atoms with van der Waals surface area (Å²) >= 11 is -2.31. The Morgan fingerprint density at radius 1 is 0.552 bits per heavy atom. The topological polar surface area (TPSA) is 311 Å². The standard InChI is InChI=1S/C89H89B2N9O14S2/c1-96(2)81-41-20-38-75-74(81)37-21-43-84(75)116(112,113)99(54-64-26-7-17-40-79(64)91(108)109)57-86(102)100-55-66(49-82(100)88(104)93-45-47-98(52-63-25-6-16-39-78(63)90(106)107)56-76-68-31-10-4-23-60(68)48-61-24-5-11-32-69(61)76)94-87(103)80(95-89(105)114-58-77-72-35-14-12-33-70(72)71-34-13-15-36-73(71)77)50-85(101)92-44-46-97(53-65-27-8-18-42-83(65)115(110)111)51-62-29-19-28-59-22-3-9-30-67(59)62/h3-43,48,66,77,80,82,106-109H,44-47,49-58H2,1-2H3,(H,92,101)(H,93,104)(H,94,103)(H,95,105)(H,110,111)/t66-,80-,82-/m0/s1. The fourth-order valence-electron chi connectivity index (χ4n) is 16.2. The zero-order valence-corrected chi connectivity index (χ0v) is 65.7. The number of alkyl carbamates (subject to hydrolysis) is 1. The number of anilines is 1. The zero-order valence-electron chi connectivity index (χ0n) is 64.1. The molecule has 27 heteroatoms. The molecule has 0 spiro atoms. The Labute approximate surface area is 676 Å². The van der Waals surface area contributed by atoms with E-state index >= 15 is 22.8 Å². The highest BCUT2D eigenvalue weighted by Gasteiger charge is 2.43. The van der Waals surface area contributed by atoms with E-state index in [0.29, 0.717) is 40.7 Å². The SMILES string of the molecule is CN(C)c1cccc2c(S(=O)(=O)N(CC(=O)N3C[C@@H](NC(=O)[C@H](CC(=O)NCCN(Cc4ccccc4S(=O)O)Cc4cccc5ccccc45)NC(=O)OCC4c5ccccc5-c5ccccc54)C[C@H]3C(=O)NCCN(Cc3ccccc3B(O)O)Cc3c4ccccc4cc4ccccc34)Cc3ccccc3B(O)O)cccc12. The molecule has 9 N–H and O–H groups in total. The molecular formula is C89H89B2N9O14S2. The van der Waals surface area contributed by atoms with E-state index in [0.717, 1.165) is 70.0 Å². The van der Waals surface area contributed by atoms with Gasteiger partial charge in [0, 0.05) is 108 Å². The highest BCUT2D eigenvalue weighted by molar-refractivity contribution is 7.89. The molecule has 14 rings (SSSR count). The van der Waals surface area contributed by atoms with Crippen LogP contribution < -0.4 is 37.1 Å². The number of sulfonamides is 1. The summed E-state index contributed by atoms with van der Waals surface area (Å²) in [5.74, 6) is -3.49. The molecule has 4 atom stereocenters. The van der Waals surface area contributed by atoms with Crippen LogP contribution in [-0.4, -0.2) is 178 Å². The molecule has 0 aromatic heterocycles. The molecule has 1 aliphatic heterocycles. The van der Waals surface area contributed by atoms with E-state index in [1.54, 1.807) is 84.9 Å². The lowest BCUT2D eigenvalue weighted by atomic mass is 9.77. The van der Waals surface area contributed by atoms with Crippen LogP contribution >= 0.6 is 0 Å². The van der Waals surface area contributed by atoms with E-state index in [1.165, 1.54) is 23.1 Å². The lowest BCUT2D eigenvalue weighted by Gasteiger charge is -2.29. The number of ether oxygens (including phenoxy) is 1. The molecule has 1 fully saturated rings. The molecule has 1 unspecified atom stereocenters. The van der Waals surface area contributed by atoms with Crippen LogP contribution in [-0.2, 0) is 77.7 Å². The van der Waals surface area contributed by atoms with Gasteiger partial charge in [0.05, 0.1) is 22.8 Å². The van der Waals surface area contributed by atoms with E-state index in [2.05, 4.69) is 32.2 Å². The maximum atomic E-state index is 15.8. The van der Waals surface area contributed by atoms with E-state index in [9.17, 15) is 38.4 Å². The van der Waals surface area contributed by atoms with Gasteiger partial charge in [0.1, 0.15) is 18.7 Å². The third-order valence-electron chi connectivity index (χ3n) is 21.9. The monoisotopic (exact) mass is 1590 g/mol. The predicted molar refractivity (Wildman–Crippen MR) is 452 cm³/mol. The number of fused-ring (bicyclic) bond motifs is 7. The Balaban J connectivity index is 0.771. The van der Waals surface area contributed by atoms with Gasteiger partial charge in [0.25, 0.3) is 0 Å². The van der Waals surface area contributed by atoms with Crippen LogP contribution in [0.3, 0.4) is 0 Å². The average Bonchev–Trinajstić information content (AvgIpc) is 1.19. The summed E-state index contributed by atoms with van der Waals surface area (Å²) in [5, 5.41) is 61.2. The summed E-state index contributed by atoms with van der Waals surface area (Å²) in [6.45, 7) is -0.581. The minimum atomic E-state index is -4.76. The maximum absolute atomic E-state index is 15.8. The fraction of sp³-hybridized carbons (Fsp3) is 0.225. The lowest BCUT2D eigenvalue weighted by molar-refractivity contribution is -0.138. The Bertz CT molecular complexity index is 5700. The molecular weight excluding hydrogens is 1500 g/mol. The fourth-order valence-corrected chi connectivity index (χ4v) is 18.4. The Hall–Kier alpha value is -11.5. The first-order chi connectivity index (χ1) is 56.1. The number of hydrogen-bond donors (Lipinski definition) is 9. The van der Waals surface area contributed by atoms with Gasteiger partial charge in [-0.3, -0.25) is 29.0 Å². The van der Waals surface area contributed by atoms with Gasteiger partial charge in [-0.05, 0) is 124 Å². The summed E-state index contributed by atoms with van der Waals surface area (Å²) in [5.41, 5.74) is 8.08. The highest BCUT2D eigenvalue weighted by Crippen LogP contribution is 2.45. The summed E-state index contributed by atoms with van der Waals surface area (Å²) in [4.78, 5) is 83.0. The molecule has 0 radical (unpaired) electrons. The first-order valence-electron chi connectivity index (χ1n) is 38.5. The maximum Gasteiger partial charge on any atom is 0.488 e. The largest absolute Gasteiger partial charge is 0.488 e. The smallest absolute Gasteiger partial charge is 0.449 e. The molecule has 2 aliphatic rings. The van der Waals surface area contributed by atoms with Crippen LogP contribution in [0, 0.1) is 0 Å². The molecule has 12 aromatic carbocycles.